The van der Waals surface area contributed by atoms with Gasteiger partial charge in [0, 0.05) is 36.1 Å². The SMILES string of the molecule is Cc1cc(CC(=O)N2CCC3(CC2)C[C@@H]([C@H]2c4ccccc4-c4cncn42)[C@H]3O)on1. The van der Waals surface area contributed by atoms with Gasteiger partial charge in [0.1, 0.15) is 5.76 Å². The zero-order chi connectivity index (χ0) is 21.2. The smallest absolute Gasteiger partial charge is 0.230 e. The van der Waals surface area contributed by atoms with Crippen molar-refractivity contribution in [2.45, 2.75) is 44.8 Å². The molecule has 2 fully saturated rings. The van der Waals surface area contributed by atoms with Crippen molar-refractivity contribution in [2.75, 3.05) is 13.1 Å². The molecule has 0 radical (unpaired) electrons. The lowest BCUT2D eigenvalue weighted by molar-refractivity contribution is -0.164. The summed E-state index contributed by atoms with van der Waals surface area (Å²) in [5.74, 6) is 0.864. The number of aromatic nitrogens is 3. The number of amides is 1. The maximum atomic E-state index is 12.7. The number of rotatable bonds is 3. The van der Waals surface area contributed by atoms with Crippen LogP contribution in [0.1, 0.15) is 42.3 Å². The van der Waals surface area contributed by atoms with Gasteiger partial charge < -0.3 is 19.1 Å². The van der Waals surface area contributed by atoms with Crippen LogP contribution in [-0.2, 0) is 11.2 Å². The summed E-state index contributed by atoms with van der Waals surface area (Å²) in [4.78, 5) is 18.9. The van der Waals surface area contributed by atoms with E-state index >= 15 is 0 Å². The molecule has 0 unspecified atom stereocenters. The first kappa shape index (κ1) is 18.8. The molecule has 1 aromatic carbocycles. The largest absolute Gasteiger partial charge is 0.392 e. The molecular weight excluding hydrogens is 392 g/mol. The van der Waals surface area contributed by atoms with E-state index in [1.165, 1.54) is 11.1 Å². The number of imidazole rings is 1. The average molecular weight is 418 g/mol. The Labute approximate surface area is 180 Å². The van der Waals surface area contributed by atoms with Crippen LogP contribution >= 0.6 is 0 Å². The molecular formula is C24H26N4O3. The summed E-state index contributed by atoms with van der Waals surface area (Å²) in [7, 11) is 0. The summed E-state index contributed by atoms with van der Waals surface area (Å²) in [5, 5.41) is 15.2. The van der Waals surface area contributed by atoms with E-state index in [-0.39, 0.29) is 35.8 Å². The molecule has 2 aromatic heterocycles. The molecule has 1 N–H and O–H groups in total. The van der Waals surface area contributed by atoms with Crippen molar-refractivity contribution in [1.82, 2.24) is 19.6 Å². The topological polar surface area (TPSA) is 84.4 Å². The molecule has 1 saturated carbocycles. The summed E-state index contributed by atoms with van der Waals surface area (Å²) in [6, 6.07) is 10.4. The second-order valence-corrected chi connectivity index (χ2v) is 9.39. The Balaban J connectivity index is 1.14. The van der Waals surface area contributed by atoms with Gasteiger partial charge in [-0.3, -0.25) is 4.79 Å². The van der Waals surface area contributed by atoms with Crippen LogP contribution in [0.5, 0.6) is 0 Å². The summed E-state index contributed by atoms with van der Waals surface area (Å²) in [5.41, 5.74) is 4.35. The van der Waals surface area contributed by atoms with Gasteiger partial charge in [-0.05, 0) is 31.7 Å². The molecule has 2 aliphatic heterocycles. The fourth-order valence-electron chi connectivity index (χ4n) is 6.05. The zero-order valence-corrected chi connectivity index (χ0v) is 17.6. The molecule has 160 valence electrons. The van der Waals surface area contributed by atoms with E-state index in [9.17, 15) is 9.90 Å². The second kappa shape index (κ2) is 6.79. The van der Waals surface area contributed by atoms with Crippen molar-refractivity contribution in [2.24, 2.45) is 11.3 Å². The number of hydrogen-bond acceptors (Lipinski definition) is 5. The highest BCUT2D eigenvalue weighted by molar-refractivity contribution is 5.78. The van der Waals surface area contributed by atoms with Crippen LogP contribution in [-0.4, -0.2) is 49.8 Å². The number of aliphatic hydroxyl groups excluding tert-OH is 1. The molecule has 7 nitrogen and oxygen atoms in total. The van der Waals surface area contributed by atoms with Crippen LogP contribution in [0.15, 0.2) is 47.4 Å². The molecule has 1 aliphatic carbocycles. The van der Waals surface area contributed by atoms with Crippen molar-refractivity contribution in [3.05, 3.63) is 59.9 Å². The normalized spacial score (nSPS) is 25.9. The quantitative estimate of drug-likeness (QED) is 0.707. The van der Waals surface area contributed by atoms with E-state index in [1.807, 2.05) is 30.4 Å². The zero-order valence-electron chi connectivity index (χ0n) is 17.6. The van der Waals surface area contributed by atoms with Gasteiger partial charge in [-0.1, -0.05) is 29.4 Å². The molecule has 0 bridgehead atoms. The number of hydrogen-bond donors (Lipinski definition) is 1. The maximum Gasteiger partial charge on any atom is 0.230 e. The molecule has 1 saturated heterocycles. The van der Waals surface area contributed by atoms with Gasteiger partial charge in [0.05, 0.1) is 42.5 Å². The van der Waals surface area contributed by atoms with Crippen LogP contribution in [0.4, 0.5) is 0 Å². The Kier molecular flexibility index (Phi) is 4.12. The van der Waals surface area contributed by atoms with Crippen molar-refractivity contribution in [3.63, 3.8) is 0 Å². The van der Waals surface area contributed by atoms with Gasteiger partial charge in [0.25, 0.3) is 0 Å². The van der Waals surface area contributed by atoms with Gasteiger partial charge in [-0.2, -0.15) is 0 Å². The lowest BCUT2D eigenvalue weighted by Crippen LogP contribution is -2.60. The minimum absolute atomic E-state index is 0.0733. The third kappa shape index (κ3) is 2.79. The van der Waals surface area contributed by atoms with Gasteiger partial charge in [0.2, 0.25) is 5.91 Å². The van der Waals surface area contributed by atoms with E-state index in [0.29, 0.717) is 18.8 Å². The first-order chi connectivity index (χ1) is 15.1. The van der Waals surface area contributed by atoms with Crippen molar-refractivity contribution in [1.29, 1.82) is 0 Å². The predicted molar refractivity (Wildman–Crippen MR) is 113 cm³/mol. The summed E-state index contributed by atoms with van der Waals surface area (Å²) >= 11 is 0. The number of aliphatic hydroxyl groups is 1. The number of aryl methyl sites for hydroxylation is 1. The highest BCUT2D eigenvalue weighted by Gasteiger charge is 2.58. The van der Waals surface area contributed by atoms with E-state index in [1.54, 1.807) is 0 Å². The number of fused-ring (bicyclic) bond motifs is 3. The molecule has 1 spiro atoms. The highest BCUT2D eigenvalue weighted by atomic mass is 16.5. The lowest BCUT2D eigenvalue weighted by Gasteiger charge is -2.58. The van der Waals surface area contributed by atoms with E-state index < -0.39 is 0 Å². The van der Waals surface area contributed by atoms with Crippen LogP contribution in [0.3, 0.4) is 0 Å². The fraction of sp³-hybridized carbons (Fsp3) is 0.458. The maximum absolute atomic E-state index is 12.7. The standard InChI is InChI=1S/C24H26N4O3/c1-15-10-16(31-26-15)11-21(29)27-8-6-24(7-9-27)12-19(23(24)30)22-18-5-3-2-4-17(18)20-13-25-14-28(20)22/h2-5,10,13-14,19,22-23,30H,6-9,11-12H2,1H3/t19-,22+,23+/m0/s1. The fourth-order valence-corrected chi connectivity index (χ4v) is 6.05. The Morgan fingerprint density at radius 2 is 2.10 bits per heavy atom. The Morgan fingerprint density at radius 1 is 1.29 bits per heavy atom. The van der Waals surface area contributed by atoms with Gasteiger partial charge >= 0.3 is 0 Å². The number of benzene rings is 1. The lowest BCUT2D eigenvalue weighted by atomic mass is 9.53. The Bertz CT molecular complexity index is 1140. The first-order valence-electron chi connectivity index (χ1n) is 11.0. The van der Waals surface area contributed by atoms with Gasteiger partial charge in [-0.25, -0.2) is 4.98 Å². The molecule has 1 amide bonds. The number of nitrogens with zero attached hydrogens (tertiary/aromatic N) is 4. The third-order valence-corrected chi connectivity index (χ3v) is 7.72. The monoisotopic (exact) mass is 418 g/mol. The average Bonchev–Trinajstić information content (AvgIpc) is 3.49. The Morgan fingerprint density at radius 3 is 2.84 bits per heavy atom. The van der Waals surface area contributed by atoms with Crippen LogP contribution in [0.2, 0.25) is 0 Å². The molecule has 7 heteroatoms. The third-order valence-electron chi connectivity index (χ3n) is 7.72. The van der Waals surface area contributed by atoms with Crippen molar-refractivity contribution in [3.8, 4) is 11.3 Å². The number of carbonyl (C=O) groups is 1. The van der Waals surface area contributed by atoms with Gasteiger partial charge in [-0.15, -0.1) is 0 Å². The predicted octanol–water partition coefficient (Wildman–Crippen LogP) is 2.98. The molecule has 3 atom stereocenters. The number of piperidine rings is 1. The molecule has 3 aromatic rings. The van der Waals surface area contributed by atoms with Crippen molar-refractivity contribution < 1.29 is 14.4 Å². The summed E-state index contributed by atoms with van der Waals surface area (Å²) in [6.45, 7) is 3.23. The molecule has 31 heavy (non-hydrogen) atoms. The van der Waals surface area contributed by atoms with E-state index in [0.717, 1.165) is 30.7 Å². The van der Waals surface area contributed by atoms with Crippen molar-refractivity contribution >= 4 is 5.91 Å². The van der Waals surface area contributed by atoms with E-state index in [4.69, 9.17) is 4.52 Å². The number of carbonyl (C=O) groups excluding carboxylic acids is 1. The second-order valence-electron chi connectivity index (χ2n) is 9.39. The summed E-state index contributed by atoms with van der Waals surface area (Å²) < 4.78 is 7.42. The van der Waals surface area contributed by atoms with Crippen LogP contribution in [0, 0.1) is 18.3 Å². The minimum Gasteiger partial charge on any atom is -0.392 e. The number of likely N-dealkylation sites (tertiary alicyclic amines) is 1. The van der Waals surface area contributed by atoms with Crippen LogP contribution in [0.25, 0.3) is 11.3 Å². The highest BCUT2D eigenvalue weighted by Crippen LogP contribution is 2.59. The molecule has 3 aliphatic rings. The Hall–Kier alpha value is -2.93. The van der Waals surface area contributed by atoms with Gasteiger partial charge in [0.15, 0.2) is 0 Å². The van der Waals surface area contributed by atoms with Crippen LogP contribution < -0.4 is 0 Å². The molecule has 4 heterocycles. The minimum atomic E-state index is -0.368. The first-order valence-corrected chi connectivity index (χ1v) is 11.0. The summed E-state index contributed by atoms with van der Waals surface area (Å²) in [6.07, 6.45) is 6.36. The molecule has 6 rings (SSSR count). The van der Waals surface area contributed by atoms with E-state index in [2.05, 4.69) is 39.0 Å².